The highest BCUT2D eigenvalue weighted by Gasteiger charge is 2.23. The number of amides is 1. The lowest BCUT2D eigenvalue weighted by molar-refractivity contribution is -0.131. The van der Waals surface area contributed by atoms with Gasteiger partial charge in [-0.25, -0.2) is 19.6 Å². The third-order valence-electron chi connectivity index (χ3n) is 6.83. The zero-order chi connectivity index (χ0) is 24.2. The third-order valence-corrected chi connectivity index (χ3v) is 6.83. The van der Waals surface area contributed by atoms with Gasteiger partial charge in [-0.15, -0.1) is 0 Å². The van der Waals surface area contributed by atoms with Gasteiger partial charge in [0.1, 0.15) is 18.0 Å². The molecule has 2 fully saturated rings. The average molecular weight is 477 g/mol. The van der Waals surface area contributed by atoms with E-state index in [0.717, 1.165) is 73.7 Å². The Kier molecular flexibility index (Phi) is 6.89. The van der Waals surface area contributed by atoms with Crippen LogP contribution in [0.5, 0.6) is 0 Å². The molecular weight excluding hydrogens is 444 g/mol. The molecule has 3 aromatic rings. The van der Waals surface area contributed by atoms with Gasteiger partial charge in [0.25, 0.3) is 0 Å². The van der Waals surface area contributed by atoms with Gasteiger partial charge in [0.05, 0.1) is 18.9 Å². The van der Waals surface area contributed by atoms with E-state index in [1.807, 2.05) is 53.9 Å². The summed E-state index contributed by atoms with van der Waals surface area (Å²) in [6.07, 6.45) is 4.53. The monoisotopic (exact) mass is 476 g/mol. The summed E-state index contributed by atoms with van der Waals surface area (Å²) in [4.78, 5) is 32.7. The summed E-state index contributed by atoms with van der Waals surface area (Å²) in [5, 5.41) is 4.75. The highest BCUT2D eigenvalue weighted by atomic mass is 16.5. The van der Waals surface area contributed by atoms with Gasteiger partial charge < -0.3 is 19.4 Å². The van der Waals surface area contributed by atoms with Crippen molar-refractivity contribution in [3.63, 3.8) is 0 Å². The van der Waals surface area contributed by atoms with E-state index >= 15 is 0 Å². The van der Waals surface area contributed by atoms with Gasteiger partial charge in [0.2, 0.25) is 5.91 Å². The van der Waals surface area contributed by atoms with Crippen LogP contribution in [0.4, 0.5) is 11.6 Å². The first-order valence-electron chi connectivity index (χ1n) is 12.2. The summed E-state index contributed by atoms with van der Waals surface area (Å²) in [6.45, 7) is 10.1. The van der Waals surface area contributed by atoms with E-state index in [4.69, 9.17) is 9.84 Å². The quantitative estimate of drug-likeness (QED) is 0.532. The van der Waals surface area contributed by atoms with E-state index in [0.29, 0.717) is 26.1 Å². The predicted molar refractivity (Wildman–Crippen MR) is 133 cm³/mol. The number of anilines is 2. The van der Waals surface area contributed by atoms with Crippen molar-refractivity contribution in [2.75, 3.05) is 62.3 Å². The van der Waals surface area contributed by atoms with Crippen molar-refractivity contribution in [3.8, 4) is 5.82 Å². The number of ether oxygens (including phenoxy) is 1. The van der Waals surface area contributed by atoms with Gasteiger partial charge in [0, 0.05) is 63.6 Å². The number of morpholine rings is 1. The maximum atomic E-state index is 13.0. The molecule has 35 heavy (non-hydrogen) atoms. The molecular formula is C25H32N8O2. The Morgan fingerprint density at radius 2 is 1.66 bits per heavy atom. The van der Waals surface area contributed by atoms with Crippen molar-refractivity contribution in [1.29, 1.82) is 0 Å². The van der Waals surface area contributed by atoms with Crippen molar-refractivity contribution in [1.82, 2.24) is 29.6 Å². The van der Waals surface area contributed by atoms with Gasteiger partial charge in [-0.1, -0.05) is 6.07 Å². The fourth-order valence-electron chi connectivity index (χ4n) is 4.79. The van der Waals surface area contributed by atoms with Crippen LogP contribution < -0.4 is 9.80 Å². The lowest BCUT2D eigenvalue weighted by Gasteiger charge is -2.35. The number of nitrogens with zero attached hydrogens (tertiary/aromatic N) is 8. The molecule has 3 aromatic heterocycles. The Labute approximate surface area is 205 Å². The molecule has 10 nitrogen and oxygen atoms in total. The van der Waals surface area contributed by atoms with Crippen molar-refractivity contribution in [2.24, 2.45) is 0 Å². The normalized spacial score (nSPS) is 16.6. The van der Waals surface area contributed by atoms with E-state index in [1.165, 1.54) is 0 Å². The standard InChI is InChI=1S/C25H32N8O2/c1-19-21(6-7-25(34)32-11-9-30(10-12-32)22-5-3-4-8-26-22)20(2)33(29-19)24-17-23(27-18-28-24)31-13-15-35-16-14-31/h3-5,8,17-18H,6-7,9-16H2,1-2H3. The Bertz CT molecular complexity index is 1150. The van der Waals surface area contributed by atoms with Crippen LogP contribution in [0.2, 0.25) is 0 Å². The molecule has 0 spiro atoms. The smallest absolute Gasteiger partial charge is 0.223 e. The molecule has 10 heteroatoms. The maximum Gasteiger partial charge on any atom is 0.223 e. The van der Waals surface area contributed by atoms with E-state index in [1.54, 1.807) is 6.33 Å². The first-order chi connectivity index (χ1) is 17.1. The molecule has 0 atom stereocenters. The highest BCUT2D eigenvalue weighted by Crippen LogP contribution is 2.22. The summed E-state index contributed by atoms with van der Waals surface area (Å²) >= 11 is 0. The van der Waals surface area contributed by atoms with Crippen LogP contribution in [0.25, 0.3) is 5.82 Å². The third kappa shape index (κ3) is 5.12. The molecule has 0 radical (unpaired) electrons. The van der Waals surface area contributed by atoms with Crippen LogP contribution in [-0.2, 0) is 16.0 Å². The van der Waals surface area contributed by atoms with E-state index < -0.39 is 0 Å². The molecule has 0 N–H and O–H groups in total. The molecule has 5 rings (SSSR count). The van der Waals surface area contributed by atoms with Crippen LogP contribution in [-0.4, -0.2) is 88.0 Å². The van der Waals surface area contributed by atoms with Gasteiger partial charge in [-0.3, -0.25) is 4.79 Å². The number of pyridine rings is 1. The minimum atomic E-state index is 0.189. The number of hydrogen-bond acceptors (Lipinski definition) is 8. The zero-order valence-corrected chi connectivity index (χ0v) is 20.4. The van der Waals surface area contributed by atoms with Gasteiger partial charge >= 0.3 is 0 Å². The molecule has 184 valence electrons. The van der Waals surface area contributed by atoms with Crippen molar-refractivity contribution in [2.45, 2.75) is 26.7 Å². The maximum absolute atomic E-state index is 13.0. The molecule has 0 unspecified atom stereocenters. The Morgan fingerprint density at radius 1 is 0.914 bits per heavy atom. The van der Waals surface area contributed by atoms with Gasteiger partial charge in [-0.05, 0) is 38.0 Å². The molecule has 5 heterocycles. The van der Waals surface area contributed by atoms with Crippen LogP contribution in [0.3, 0.4) is 0 Å². The Balaban J connectivity index is 1.21. The first-order valence-corrected chi connectivity index (χ1v) is 12.2. The number of carbonyl (C=O) groups is 1. The summed E-state index contributed by atoms with van der Waals surface area (Å²) in [6, 6.07) is 7.90. The predicted octanol–water partition coefficient (Wildman–Crippen LogP) is 1.79. The number of hydrogen-bond donors (Lipinski definition) is 0. The second-order valence-electron chi connectivity index (χ2n) is 8.95. The van der Waals surface area contributed by atoms with Crippen molar-refractivity contribution in [3.05, 3.63) is 53.7 Å². The summed E-state index contributed by atoms with van der Waals surface area (Å²) in [7, 11) is 0. The molecule has 0 aliphatic carbocycles. The summed E-state index contributed by atoms with van der Waals surface area (Å²) < 4.78 is 7.32. The molecule has 2 saturated heterocycles. The lowest BCUT2D eigenvalue weighted by Crippen LogP contribution is -2.49. The minimum Gasteiger partial charge on any atom is -0.378 e. The molecule has 2 aliphatic heterocycles. The van der Waals surface area contributed by atoms with Crippen molar-refractivity contribution < 1.29 is 9.53 Å². The van der Waals surface area contributed by atoms with Gasteiger partial charge in [0.15, 0.2) is 5.82 Å². The molecule has 2 aliphatic rings. The molecule has 1 amide bonds. The average Bonchev–Trinajstić information content (AvgIpc) is 3.21. The lowest BCUT2D eigenvalue weighted by atomic mass is 10.1. The SMILES string of the molecule is Cc1nn(-c2cc(N3CCOCC3)ncn2)c(C)c1CCC(=O)N1CCN(c2ccccn2)CC1. The number of rotatable bonds is 6. The van der Waals surface area contributed by atoms with E-state index in [2.05, 4.69) is 24.8 Å². The molecule has 0 bridgehead atoms. The molecule has 0 saturated carbocycles. The fraction of sp³-hybridized carbons (Fsp3) is 0.480. The van der Waals surface area contributed by atoms with Crippen LogP contribution >= 0.6 is 0 Å². The fourth-order valence-corrected chi connectivity index (χ4v) is 4.79. The van der Waals surface area contributed by atoms with Crippen LogP contribution in [0.15, 0.2) is 36.8 Å². The number of piperazine rings is 1. The summed E-state index contributed by atoms with van der Waals surface area (Å²) in [5.41, 5.74) is 3.06. The second-order valence-corrected chi connectivity index (χ2v) is 8.95. The minimum absolute atomic E-state index is 0.189. The molecule has 0 aromatic carbocycles. The highest BCUT2D eigenvalue weighted by molar-refractivity contribution is 5.77. The number of carbonyl (C=O) groups excluding carboxylic acids is 1. The van der Waals surface area contributed by atoms with Crippen molar-refractivity contribution >= 4 is 17.5 Å². The van der Waals surface area contributed by atoms with Crippen LogP contribution in [0.1, 0.15) is 23.4 Å². The Morgan fingerprint density at radius 3 is 2.40 bits per heavy atom. The largest absolute Gasteiger partial charge is 0.378 e. The van der Waals surface area contributed by atoms with E-state index in [9.17, 15) is 4.79 Å². The van der Waals surface area contributed by atoms with E-state index in [-0.39, 0.29) is 5.91 Å². The van der Waals surface area contributed by atoms with Gasteiger partial charge in [-0.2, -0.15) is 5.10 Å². The topological polar surface area (TPSA) is 92.5 Å². The van der Waals surface area contributed by atoms with Crippen LogP contribution in [0, 0.1) is 13.8 Å². The zero-order valence-electron chi connectivity index (χ0n) is 20.4. The Hall–Kier alpha value is -3.53. The number of aromatic nitrogens is 5. The number of aryl methyl sites for hydroxylation is 1. The first kappa shape index (κ1) is 23.2. The summed E-state index contributed by atoms with van der Waals surface area (Å²) in [5.74, 6) is 2.78. The second kappa shape index (κ2) is 10.4.